The third-order valence-electron chi connectivity index (χ3n) is 4.39. The average molecular weight is 317 g/mol. The Morgan fingerprint density at radius 1 is 1.04 bits per heavy atom. The molecular formula is C21H19NO2. The van der Waals surface area contributed by atoms with Gasteiger partial charge in [0.2, 0.25) is 0 Å². The molecule has 3 aromatic carbocycles. The molecular weight excluding hydrogens is 298 g/mol. The highest BCUT2D eigenvalue weighted by Gasteiger charge is 2.23. The second kappa shape index (κ2) is 6.46. The number of hydrogen-bond acceptors (Lipinski definition) is 3. The van der Waals surface area contributed by atoms with Gasteiger partial charge in [-0.2, -0.15) is 0 Å². The summed E-state index contributed by atoms with van der Waals surface area (Å²) in [5, 5.41) is 6.65. The van der Waals surface area contributed by atoms with Gasteiger partial charge in [0.15, 0.2) is 0 Å². The van der Waals surface area contributed by atoms with E-state index < -0.39 is 6.29 Å². The van der Waals surface area contributed by atoms with Crippen LogP contribution in [0.5, 0.6) is 0 Å². The Morgan fingerprint density at radius 2 is 1.88 bits per heavy atom. The standard InChI is InChI=1S/C21H19NO2/c1-15-6-8-16(9-7-15)14-22-24-21-20-11-10-17-4-2-3-5-18(17)19(20)12-13-23-21/h2-11,14,21H,12-13H2,1H3/b22-14+. The summed E-state index contributed by atoms with van der Waals surface area (Å²) >= 11 is 0. The molecule has 4 rings (SSSR count). The highest BCUT2D eigenvalue weighted by atomic mass is 16.8. The maximum Gasteiger partial charge on any atom is 0.253 e. The molecule has 1 atom stereocenters. The molecule has 3 aromatic rings. The SMILES string of the molecule is Cc1ccc(/C=N/OC2OCCc3c2ccc2ccccc32)cc1. The first kappa shape index (κ1) is 14.9. The highest BCUT2D eigenvalue weighted by Crippen LogP contribution is 2.33. The second-order valence-corrected chi connectivity index (χ2v) is 6.06. The summed E-state index contributed by atoms with van der Waals surface area (Å²) in [5.41, 5.74) is 4.61. The number of rotatable bonds is 3. The summed E-state index contributed by atoms with van der Waals surface area (Å²) in [7, 11) is 0. The van der Waals surface area contributed by atoms with Crippen LogP contribution in [0.3, 0.4) is 0 Å². The fraction of sp³-hybridized carbons (Fsp3) is 0.190. The van der Waals surface area contributed by atoms with Crippen LogP contribution in [0.15, 0.2) is 65.8 Å². The highest BCUT2D eigenvalue weighted by molar-refractivity contribution is 5.87. The van der Waals surface area contributed by atoms with Gasteiger partial charge in [-0.25, -0.2) is 0 Å². The fourth-order valence-corrected chi connectivity index (χ4v) is 3.10. The normalized spacial score (nSPS) is 17.1. The summed E-state index contributed by atoms with van der Waals surface area (Å²) in [6.07, 6.45) is 2.18. The van der Waals surface area contributed by atoms with Crippen molar-refractivity contribution in [1.29, 1.82) is 0 Å². The molecule has 1 heterocycles. The Morgan fingerprint density at radius 3 is 2.75 bits per heavy atom. The van der Waals surface area contributed by atoms with Gasteiger partial charge in [-0.15, -0.1) is 0 Å². The number of nitrogens with zero attached hydrogens (tertiary/aromatic N) is 1. The molecule has 0 N–H and O–H groups in total. The molecule has 24 heavy (non-hydrogen) atoms. The molecule has 0 aromatic heterocycles. The van der Waals surface area contributed by atoms with Crippen LogP contribution >= 0.6 is 0 Å². The van der Waals surface area contributed by atoms with Crippen molar-refractivity contribution >= 4 is 17.0 Å². The molecule has 3 heteroatoms. The largest absolute Gasteiger partial charge is 0.358 e. The smallest absolute Gasteiger partial charge is 0.253 e. The Balaban J connectivity index is 1.58. The molecule has 0 amide bonds. The quantitative estimate of drug-likeness (QED) is 0.514. The molecule has 0 bridgehead atoms. The van der Waals surface area contributed by atoms with Gasteiger partial charge in [-0.1, -0.05) is 71.4 Å². The Kier molecular flexibility index (Phi) is 4.01. The van der Waals surface area contributed by atoms with Gasteiger partial charge in [0.05, 0.1) is 12.8 Å². The molecule has 0 saturated carbocycles. The molecule has 0 fully saturated rings. The van der Waals surface area contributed by atoms with Crippen LogP contribution in [-0.4, -0.2) is 12.8 Å². The van der Waals surface area contributed by atoms with Crippen LogP contribution in [0, 0.1) is 6.92 Å². The number of hydrogen-bond donors (Lipinski definition) is 0. The van der Waals surface area contributed by atoms with Gasteiger partial charge in [-0.3, -0.25) is 0 Å². The maximum atomic E-state index is 5.77. The van der Waals surface area contributed by atoms with Gasteiger partial charge < -0.3 is 9.57 Å². The van der Waals surface area contributed by atoms with Crippen molar-refractivity contribution in [1.82, 2.24) is 0 Å². The number of aryl methyl sites for hydroxylation is 1. The van der Waals surface area contributed by atoms with E-state index in [0.717, 1.165) is 17.5 Å². The summed E-state index contributed by atoms with van der Waals surface area (Å²) in [6.45, 7) is 2.71. The molecule has 0 aliphatic carbocycles. The molecule has 3 nitrogen and oxygen atoms in total. The van der Waals surface area contributed by atoms with Gasteiger partial charge in [0.25, 0.3) is 6.29 Å². The lowest BCUT2D eigenvalue weighted by molar-refractivity contribution is -0.152. The van der Waals surface area contributed by atoms with Gasteiger partial charge in [-0.05, 0) is 35.2 Å². The van der Waals surface area contributed by atoms with Crippen molar-refractivity contribution in [3.8, 4) is 0 Å². The van der Waals surface area contributed by atoms with E-state index in [1.54, 1.807) is 6.21 Å². The molecule has 0 radical (unpaired) electrons. The maximum absolute atomic E-state index is 5.77. The van der Waals surface area contributed by atoms with E-state index >= 15 is 0 Å². The van der Waals surface area contributed by atoms with Crippen molar-refractivity contribution in [3.63, 3.8) is 0 Å². The average Bonchev–Trinajstić information content (AvgIpc) is 2.63. The van der Waals surface area contributed by atoms with Crippen molar-refractivity contribution in [2.75, 3.05) is 6.61 Å². The zero-order valence-electron chi connectivity index (χ0n) is 13.6. The van der Waals surface area contributed by atoms with Crippen LogP contribution < -0.4 is 0 Å². The molecule has 1 aliphatic rings. The van der Waals surface area contributed by atoms with E-state index in [0.29, 0.717) is 6.61 Å². The number of oxime groups is 1. The number of benzene rings is 3. The van der Waals surface area contributed by atoms with Crippen molar-refractivity contribution < 1.29 is 9.57 Å². The molecule has 0 saturated heterocycles. The van der Waals surface area contributed by atoms with Gasteiger partial charge in [0.1, 0.15) is 0 Å². The minimum absolute atomic E-state index is 0.444. The van der Waals surface area contributed by atoms with Crippen LogP contribution in [0.4, 0.5) is 0 Å². The summed E-state index contributed by atoms with van der Waals surface area (Å²) in [5.74, 6) is 0. The first-order chi connectivity index (χ1) is 11.8. The molecule has 0 spiro atoms. The van der Waals surface area contributed by atoms with Crippen LogP contribution in [0.1, 0.15) is 28.5 Å². The number of ether oxygens (including phenoxy) is 1. The Bertz CT molecular complexity index is 884. The summed E-state index contributed by atoms with van der Waals surface area (Å²) in [4.78, 5) is 5.64. The Labute approximate surface area is 141 Å². The third-order valence-corrected chi connectivity index (χ3v) is 4.39. The van der Waals surface area contributed by atoms with Crippen molar-refractivity contribution in [2.45, 2.75) is 19.6 Å². The lowest BCUT2D eigenvalue weighted by atomic mass is 9.95. The van der Waals surface area contributed by atoms with Crippen LogP contribution in [-0.2, 0) is 16.0 Å². The topological polar surface area (TPSA) is 30.8 Å². The summed E-state index contributed by atoms with van der Waals surface area (Å²) < 4.78 is 5.77. The summed E-state index contributed by atoms with van der Waals surface area (Å²) in [6, 6.07) is 20.8. The third kappa shape index (κ3) is 2.91. The Hall–Kier alpha value is -2.65. The molecule has 1 aliphatic heterocycles. The van der Waals surface area contributed by atoms with Crippen molar-refractivity contribution in [2.24, 2.45) is 5.16 Å². The molecule has 120 valence electrons. The lowest BCUT2D eigenvalue weighted by Crippen LogP contribution is -2.17. The van der Waals surface area contributed by atoms with E-state index in [2.05, 4.69) is 60.6 Å². The zero-order chi connectivity index (χ0) is 16.4. The predicted molar refractivity (Wildman–Crippen MR) is 96.2 cm³/mol. The van der Waals surface area contributed by atoms with E-state index in [1.807, 2.05) is 12.1 Å². The predicted octanol–water partition coefficient (Wildman–Crippen LogP) is 4.77. The monoisotopic (exact) mass is 317 g/mol. The van der Waals surface area contributed by atoms with E-state index in [-0.39, 0.29) is 0 Å². The van der Waals surface area contributed by atoms with Crippen LogP contribution in [0.25, 0.3) is 10.8 Å². The zero-order valence-corrected chi connectivity index (χ0v) is 13.6. The molecule has 1 unspecified atom stereocenters. The minimum Gasteiger partial charge on any atom is -0.358 e. The van der Waals surface area contributed by atoms with Crippen LogP contribution in [0.2, 0.25) is 0 Å². The fourth-order valence-electron chi connectivity index (χ4n) is 3.10. The van der Waals surface area contributed by atoms with Gasteiger partial charge in [0, 0.05) is 5.56 Å². The van der Waals surface area contributed by atoms with Crippen molar-refractivity contribution in [3.05, 3.63) is 82.9 Å². The second-order valence-electron chi connectivity index (χ2n) is 6.06. The first-order valence-corrected chi connectivity index (χ1v) is 8.19. The number of fused-ring (bicyclic) bond motifs is 3. The lowest BCUT2D eigenvalue weighted by Gasteiger charge is -2.25. The first-order valence-electron chi connectivity index (χ1n) is 8.19. The van der Waals surface area contributed by atoms with E-state index in [4.69, 9.17) is 9.57 Å². The van der Waals surface area contributed by atoms with Gasteiger partial charge >= 0.3 is 0 Å². The van der Waals surface area contributed by atoms with E-state index in [1.165, 1.54) is 21.9 Å². The van der Waals surface area contributed by atoms with E-state index in [9.17, 15) is 0 Å². The minimum atomic E-state index is -0.444.